The summed E-state index contributed by atoms with van der Waals surface area (Å²) in [5, 5.41) is 8.84. The van der Waals surface area contributed by atoms with Crippen molar-refractivity contribution in [3.8, 4) is 5.69 Å². The zero-order valence-corrected chi connectivity index (χ0v) is 12.5. The molecular weight excluding hydrogens is 304 g/mol. The maximum atomic E-state index is 12.5. The molecule has 3 aromatic heterocycles. The smallest absolute Gasteiger partial charge is 0.266 e. The first-order chi connectivity index (χ1) is 11.8. The summed E-state index contributed by atoms with van der Waals surface area (Å²) in [7, 11) is 0. The van der Waals surface area contributed by atoms with Crippen LogP contribution in [0, 0.1) is 0 Å². The van der Waals surface area contributed by atoms with Gasteiger partial charge in [-0.25, -0.2) is 9.67 Å². The van der Waals surface area contributed by atoms with Crippen LogP contribution in [0.2, 0.25) is 0 Å². The molecule has 0 atom stereocenters. The van der Waals surface area contributed by atoms with Gasteiger partial charge >= 0.3 is 0 Å². The summed E-state index contributed by atoms with van der Waals surface area (Å²) in [5.74, 6) is 0. The number of nitrogens with zero attached hydrogens (tertiary/aromatic N) is 6. The summed E-state index contributed by atoms with van der Waals surface area (Å²) in [5.41, 5.74) is 1.92. The summed E-state index contributed by atoms with van der Waals surface area (Å²) in [4.78, 5) is 20.8. The number of aromatic nitrogens is 5. The summed E-state index contributed by atoms with van der Waals surface area (Å²) in [6, 6.07) is 13.1. The third-order valence-electron chi connectivity index (χ3n) is 3.51. The predicted molar refractivity (Wildman–Crippen MR) is 90.4 cm³/mol. The van der Waals surface area contributed by atoms with E-state index in [-0.39, 0.29) is 5.56 Å². The van der Waals surface area contributed by atoms with E-state index >= 15 is 0 Å². The van der Waals surface area contributed by atoms with Crippen molar-refractivity contribution < 1.29 is 0 Å². The third-order valence-corrected chi connectivity index (χ3v) is 3.51. The molecule has 4 aromatic rings. The average Bonchev–Trinajstić information content (AvgIpc) is 3.08. The van der Waals surface area contributed by atoms with Crippen LogP contribution in [0.4, 0.5) is 0 Å². The van der Waals surface area contributed by atoms with Crippen LogP contribution in [0.1, 0.15) is 5.56 Å². The van der Waals surface area contributed by atoms with Crippen molar-refractivity contribution in [3.63, 3.8) is 0 Å². The number of hydrogen-bond donors (Lipinski definition) is 0. The molecule has 0 aliphatic heterocycles. The summed E-state index contributed by atoms with van der Waals surface area (Å²) >= 11 is 0. The molecule has 0 fully saturated rings. The molecule has 0 bridgehead atoms. The second-order valence-corrected chi connectivity index (χ2v) is 5.05. The Morgan fingerprint density at radius 1 is 1.04 bits per heavy atom. The Kier molecular flexibility index (Phi) is 3.43. The molecule has 0 unspecified atom stereocenters. The maximum Gasteiger partial charge on any atom is 0.285 e. The van der Waals surface area contributed by atoms with Crippen LogP contribution in [0.25, 0.3) is 16.7 Å². The standard InChI is InChI=1S/C17H12N6O/c24-17-15-11-21-23(14-4-2-1-3-5-14)16(15)19-12-22(17)20-10-13-6-8-18-9-7-13/h1-12H/b20-10-. The minimum Gasteiger partial charge on any atom is -0.266 e. The first-order valence-corrected chi connectivity index (χ1v) is 7.28. The summed E-state index contributed by atoms with van der Waals surface area (Å²) < 4.78 is 2.83. The highest BCUT2D eigenvalue weighted by molar-refractivity contribution is 5.79. The Morgan fingerprint density at radius 2 is 1.83 bits per heavy atom. The molecule has 24 heavy (non-hydrogen) atoms. The van der Waals surface area contributed by atoms with Crippen molar-refractivity contribution in [2.45, 2.75) is 0 Å². The fraction of sp³-hybridized carbons (Fsp3) is 0. The van der Waals surface area contributed by atoms with Crippen molar-refractivity contribution in [3.05, 3.63) is 83.3 Å². The van der Waals surface area contributed by atoms with Gasteiger partial charge < -0.3 is 0 Å². The van der Waals surface area contributed by atoms with Crippen LogP contribution in [-0.4, -0.2) is 30.6 Å². The highest BCUT2D eigenvalue weighted by atomic mass is 16.1. The van der Waals surface area contributed by atoms with Gasteiger partial charge in [-0.05, 0) is 29.8 Å². The molecule has 4 rings (SSSR count). The van der Waals surface area contributed by atoms with Crippen molar-refractivity contribution in [1.82, 2.24) is 24.4 Å². The van der Waals surface area contributed by atoms with Crippen LogP contribution < -0.4 is 5.56 Å². The second kappa shape index (κ2) is 5.88. The molecule has 0 saturated carbocycles. The first-order valence-electron chi connectivity index (χ1n) is 7.28. The Labute approximate surface area is 136 Å². The number of hydrogen-bond acceptors (Lipinski definition) is 5. The Hall–Kier alpha value is -3.61. The van der Waals surface area contributed by atoms with E-state index < -0.39 is 0 Å². The van der Waals surface area contributed by atoms with Gasteiger partial charge in [0.05, 0.1) is 18.1 Å². The predicted octanol–water partition coefficient (Wildman–Crippen LogP) is 1.86. The summed E-state index contributed by atoms with van der Waals surface area (Å²) in [6.45, 7) is 0. The molecule has 0 spiro atoms. The van der Waals surface area contributed by atoms with Crippen LogP contribution in [0.15, 0.2) is 77.3 Å². The maximum absolute atomic E-state index is 12.5. The minimum atomic E-state index is -0.271. The van der Waals surface area contributed by atoms with Gasteiger partial charge in [-0.2, -0.15) is 14.9 Å². The molecule has 0 aliphatic carbocycles. The van der Waals surface area contributed by atoms with E-state index in [1.807, 2.05) is 30.3 Å². The SMILES string of the molecule is O=c1c2cnn(-c3ccccc3)c2ncn1/N=C\c1ccncc1. The lowest BCUT2D eigenvalue weighted by atomic mass is 10.3. The molecule has 7 heteroatoms. The topological polar surface area (TPSA) is 78.0 Å². The normalized spacial score (nSPS) is 11.3. The largest absolute Gasteiger partial charge is 0.285 e. The van der Waals surface area contributed by atoms with Crippen molar-refractivity contribution in [2.75, 3.05) is 0 Å². The lowest BCUT2D eigenvalue weighted by molar-refractivity contribution is 0.809. The molecule has 0 amide bonds. The third kappa shape index (κ3) is 2.48. The van der Waals surface area contributed by atoms with Gasteiger partial charge in [-0.3, -0.25) is 9.78 Å². The highest BCUT2D eigenvalue weighted by Crippen LogP contribution is 2.12. The fourth-order valence-corrected chi connectivity index (χ4v) is 2.32. The Balaban J connectivity index is 1.77. The number of rotatable bonds is 3. The number of fused-ring (bicyclic) bond motifs is 1. The lowest BCUT2D eigenvalue weighted by Gasteiger charge is -2.02. The molecule has 0 aliphatic rings. The number of pyridine rings is 1. The van der Waals surface area contributed by atoms with E-state index in [2.05, 4.69) is 20.2 Å². The molecule has 0 saturated heterocycles. The van der Waals surface area contributed by atoms with Gasteiger partial charge in [-0.15, -0.1) is 0 Å². The van der Waals surface area contributed by atoms with Crippen molar-refractivity contribution in [2.24, 2.45) is 5.10 Å². The van der Waals surface area contributed by atoms with Crippen LogP contribution in [-0.2, 0) is 0 Å². The van der Waals surface area contributed by atoms with E-state index in [9.17, 15) is 4.79 Å². The van der Waals surface area contributed by atoms with Gasteiger partial charge in [0.25, 0.3) is 5.56 Å². The Bertz CT molecular complexity index is 1070. The van der Waals surface area contributed by atoms with Gasteiger partial charge in [0.2, 0.25) is 0 Å². The monoisotopic (exact) mass is 316 g/mol. The number of para-hydroxylation sites is 1. The highest BCUT2D eigenvalue weighted by Gasteiger charge is 2.10. The van der Waals surface area contributed by atoms with Gasteiger partial charge in [0.15, 0.2) is 5.65 Å². The van der Waals surface area contributed by atoms with E-state index in [0.29, 0.717) is 11.0 Å². The van der Waals surface area contributed by atoms with Crippen LogP contribution >= 0.6 is 0 Å². The summed E-state index contributed by atoms with van der Waals surface area (Å²) in [6.07, 6.45) is 7.81. The van der Waals surface area contributed by atoms with E-state index in [4.69, 9.17) is 0 Å². The van der Waals surface area contributed by atoms with E-state index in [1.165, 1.54) is 17.2 Å². The van der Waals surface area contributed by atoms with Gasteiger partial charge in [-0.1, -0.05) is 18.2 Å². The molecule has 0 N–H and O–H groups in total. The molecule has 7 nitrogen and oxygen atoms in total. The molecule has 3 heterocycles. The minimum absolute atomic E-state index is 0.271. The van der Waals surface area contributed by atoms with Crippen LogP contribution in [0.3, 0.4) is 0 Å². The van der Waals surface area contributed by atoms with E-state index in [1.54, 1.807) is 35.4 Å². The molecule has 0 radical (unpaired) electrons. The van der Waals surface area contributed by atoms with Crippen molar-refractivity contribution >= 4 is 17.2 Å². The first kappa shape index (κ1) is 14.0. The van der Waals surface area contributed by atoms with Gasteiger partial charge in [0, 0.05) is 12.4 Å². The fourth-order valence-electron chi connectivity index (χ4n) is 2.32. The molecular formula is C17H12N6O. The zero-order valence-electron chi connectivity index (χ0n) is 12.5. The van der Waals surface area contributed by atoms with E-state index in [0.717, 1.165) is 11.3 Å². The van der Waals surface area contributed by atoms with Gasteiger partial charge in [0.1, 0.15) is 11.7 Å². The average molecular weight is 316 g/mol. The van der Waals surface area contributed by atoms with Crippen LogP contribution in [0.5, 0.6) is 0 Å². The molecule has 1 aromatic carbocycles. The second-order valence-electron chi connectivity index (χ2n) is 5.05. The quantitative estimate of drug-likeness (QED) is 0.540. The zero-order chi connectivity index (χ0) is 16.4. The number of benzene rings is 1. The Morgan fingerprint density at radius 3 is 2.62 bits per heavy atom. The van der Waals surface area contributed by atoms with Crippen molar-refractivity contribution in [1.29, 1.82) is 0 Å². The lowest BCUT2D eigenvalue weighted by Crippen LogP contribution is -2.17. The molecule has 116 valence electrons.